The first-order chi connectivity index (χ1) is 5.41. The van der Waals surface area contributed by atoms with Crippen molar-refractivity contribution in [2.24, 2.45) is 0 Å². The molecular weight excluding hydrogens is 132 g/mol. The van der Waals surface area contributed by atoms with Gasteiger partial charge in [0.1, 0.15) is 0 Å². The number of allylic oxidation sites excluding steroid dienone is 2. The van der Waals surface area contributed by atoms with Crippen molar-refractivity contribution < 1.29 is 0 Å². The van der Waals surface area contributed by atoms with Gasteiger partial charge in [0.25, 0.3) is 0 Å². The predicted molar refractivity (Wildman–Crippen MR) is 52.5 cm³/mol. The lowest BCUT2D eigenvalue weighted by Gasteiger charge is -1.91. The van der Waals surface area contributed by atoms with Crippen molar-refractivity contribution in [1.29, 1.82) is 0 Å². The van der Waals surface area contributed by atoms with Gasteiger partial charge >= 0.3 is 0 Å². The van der Waals surface area contributed by atoms with E-state index < -0.39 is 0 Å². The summed E-state index contributed by atoms with van der Waals surface area (Å²) in [5.74, 6) is 0. The van der Waals surface area contributed by atoms with Crippen molar-refractivity contribution in [3.63, 3.8) is 0 Å². The van der Waals surface area contributed by atoms with Crippen molar-refractivity contribution in [3.05, 3.63) is 19.1 Å². The Bertz CT molecular complexity index is 82.0. The molecule has 0 aromatic heterocycles. The van der Waals surface area contributed by atoms with E-state index in [0.29, 0.717) is 0 Å². The van der Waals surface area contributed by atoms with Gasteiger partial charge in [0, 0.05) is 0 Å². The van der Waals surface area contributed by atoms with Gasteiger partial charge in [-0.3, -0.25) is 0 Å². The molecule has 0 aliphatic rings. The molecule has 1 radical (unpaired) electrons. The molecule has 0 unspecified atom stereocenters. The molecule has 0 aromatic rings. The molecule has 0 amide bonds. The molecule has 11 heavy (non-hydrogen) atoms. The summed E-state index contributed by atoms with van der Waals surface area (Å²) >= 11 is 0. The van der Waals surface area contributed by atoms with Crippen LogP contribution in [0.1, 0.15) is 51.9 Å². The van der Waals surface area contributed by atoms with E-state index in [1.807, 2.05) is 0 Å². The molecule has 0 spiro atoms. The Labute approximate surface area is 71.7 Å². The molecule has 0 atom stereocenters. The average molecular weight is 153 g/mol. The lowest BCUT2D eigenvalue weighted by Crippen LogP contribution is -1.71. The predicted octanol–water partition coefficient (Wildman–Crippen LogP) is 4.13. The Morgan fingerprint density at radius 1 is 1.00 bits per heavy atom. The highest BCUT2D eigenvalue weighted by Gasteiger charge is 1.81. The van der Waals surface area contributed by atoms with Crippen molar-refractivity contribution in [1.82, 2.24) is 0 Å². The minimum atomic E-state index is 1.09. The first kappa shape index (κ1) is 10.7. The first-order valence-electron chi connectivity index (χ1n) is 4.86. The van der Waals surface area contributed by atoms with Crippen LogP contribution < -0.4 is 0 Å². The third-order valence-corrected chi connectivity index (χ3v) is 1.76. The fraction of sp³-hybridized carbons (Fsp3) is 0.727. The molecule has 0 heterocycles. The molecule has 0 saturated carbocycles. The average Bonchev–Trinajstić information content (AvgIpc) is 2.03. The van der Waals surface area contributed by atoms with Gasteiger partial charge in [0.15, 0.2) is 0 Å². The van der Waals surface area contributed by atoms with Crippen molar-refractivity contribution in [2.75, 3.05) is 0 Å². The van der Waals surface area contributed by atoms with E-state index in [0.717, 1.165) is 6.42 Å². The molecular formula is C11H21. The minimum Gasteiger partial charge on any atom is -0.0885 e. The standard InChI is InChI=1S/C11H21/c1-3-5-7-9-11-10-8-6-4-2/h10-11H,1,3-9H2,2H3. The van der Waals surface area contributed by atoms with E-state index in [1.165, 1.54) is 38.5 Å². The van der Waals surface area contributed by atoms with Crippen molar-refractivity contribution >= 4 is 0 Å². The van der Waals surface area contributed by atoms with E-state index in [1.54, 1.807) is 0 Å². The molecule has 65 valence electrons. The van der Waals surface area contributed by atoms with Crippen LogP contribution in [0.15, 0.2) is 12.2 Å². The van der Waals surface area contributed by atoms with Gasteiger partial charge in [-0.1, -0.05) is 51.7 Å². The Balaban J connectivity index is 2.91. The van der Waals surface area contributed by atoms with E-state index in [-0.39, 0.29) is 0 Å². The summed E-state index contributed by atoms with van der Waals surface area (Å²) in [6.45, 7) is 6.04. The maximum atomic E-state index is 3.81. The van der Waals surface area contributed by atoms with Gasteiger partial charge in [-0.05, 0) is 19.3 Å². The highest BCUT2D eigenvalue weighted by atomic mass is 13.9. The van der Waals surface area contributed by atoms with Crippen LogP contribution in [0.4, 0.5) is 0 Å². The molecule has 0 saturated heterocycles. The second-order valence-corrected chi connectivity index (χ2v) is 2.96. The zero-order chi connectivity index (χ0) is 8.36. The van der Waals surface area contributed by atoms with Crippen LogP contribution in [0.5, 0.6) is 0 Å². The molecule has 0 N–H and O–H groups in total. The number of hydrogen-bond acceptors (Lipinski definition) is 0. The zero-order valence-electron chi connectivity index (χ0n) is 7.81. The second-order valence-electron chi connectivity index (χ2n) is 2.96. The molecule has 0 heteroatoms. The van der Waals surface area contributed by atoms with Crippen LogP contribution in [0.2, 0.25) is 0 Å². The fourth-order valence-corrected chi connectivity index (χ4v) is 0.997. The third kappa shape index (κ3) is 9.74. The molecule has 0 aliphatic heterocycles. The Morgan fingerprint density at radius 3 is 2.18 bits per heavy atom. The second kappa shape index (κ2) is 9.74. The summed E-state index contributed by atoms with van der Waals surface area (Å²) in [7, 11) is 0. The normalized spacial score (nSPS) is 11.1. The highest BCUT2D eigenvalue weighted by molar-refractivity contribution is 4.80. The Hall–Kier alpha value is -0.260. The lowest BCUT2D eigenvalue weighted by molar-refractivity contribution is 0.755. The van der Waals surface area contributed by atoms with Gasteiger partial charge < -0.3 is 0 Å². The zero-order valence-corrected chi connectivity index (χ0v) is 7.81. The number of rotatable bonds is 7. The van der Waals surface area contributed by atoms with Crippen molar-refractivity contribution in [3.8, 4) is 0 Å². The first-order valence-corrected chi connectivity index (χ1v) is 4.86. The quantitative estimate of drug-likeness (QED) is 0.381. The Kier molecular flexibility index (Phi) is 9.51. The minimum absolute atomic E-state index is 1.09. The van der Waals surface area contributed by atoms with Gasteiger partial charge in [0.2, 0.25) is 0 Å². The maximum absolute atomic E-state index is 3.81. The van der Waals surface area contributed by atoms with E-state index in [2.05, 4.69) is 26.0 Å². The summed E-state index contributed by atoms with van der Waals surface area (Å²) in [4.78, 5) is 0. The van der Waals surface area contributed by atoms with E-state index in [9.17, 15) is 0 Å². The summed E-state index contributed by atoms with van der Waals surface area (Å²) in [6, 6.07) is 0. The third-order valence-electron chi connectivity index (χ3n) is 1.76. The molecule has 0 aromatic carbocycles. The van der Waals surface area contributed by atoms with Crippen LogP contribution in [-0.2, 0) is 0 Å². The number of unbranched alkanes of at least 4 members (excludes halogenated alkanes) is 5. The van der Waals surface area contributed by atoms with Crippen LogP contribution in [0.25, 0.3) is 0 Å². The summed E-state index contributed by atoms with van der Waals surface area (Å²) < 4.78 is 0. The molecule has 0 nitrogen and oxygen atoms in total. The SMILES string of the molecule is [CH2]CCCCC=CCCCC. The smallest absolute Gasteiger partial charge is 0.0351 e. The van der Waals surface area contributed by atoms with Gasteiger partial charge in [-0.25, -0.2) is 0 Å². The summed E-state index contributed by atoms with van der Waals surface area (Å²) in [5.41, 5.74) is 0. The molecule has 0 aliphatic carbocycles. The van der Waals surface area contributed by atoms with Crippen LogP contribution in [0.3, 0.4) is 0 Å². The highest BCUT2D eigenvalue weighted by Crippen LogP contribution is 2.01. The van der Waals surface area contributed by atoms with Crippen LogP contribution in [0, 0.1) is 6.92 Å². The van der Waals surface area contributed by atoms with Gasteiger partial charge in [0.05, 0.1) is 0 Å². The monoisotopic (exact) mass is 153 g/mol. The topological polar surface area (TPSA) is 0 Å². The van der Waals surface area contributed by atoms with Gasteiger partial charge in [-0.15, -0.1) is 0 Å². The largest absolute Gasteiger partial charge is 0.0885 e. The van der Waals surface area contributed by atoms with Crippen LogP contribution in [-0.4, -0.2) is 0 Å². The van der Waals surface area contributed by atoms with Crippen LogP contribution >= 0.6 is 0 Å². The van der Waals surface area contributed by atoms with E-state index >= 15 is 0 Å². The van der Waals surface area contributed by atoms with Crippen molar-refractivity contribution in [2.45, 2.75) is 51.9 Å². The Morgan fingerprint density at radius 2 is 1.64 bits per heavy atom. The fourth-order valence-electron chi connectivity index (χ4n) is 0.997. The maximum Gasteiger partial charge on any atom is -0.0351 e. The lowest BCUT2D eigenvalue weighted by atomic mass is 10.2. The van der Waals surface area contributed by atoms with E-state index in [4.69, 9.17) is 0 Å². The summed E-state index contributed by atoms with van der Waals surface area (Å²) in [6.07, 6.45) is 13.5. The molecule has 0 rings (SSSR count). The summed E-state index contributed by atoms with van der Waals surface area (Å²) in [5, 5.41) is 0. The van der Waals surface area contributed by atoms with Gasteiger partial charge in [-0.2, -0.15) is 0 Å². The molecule has 0 bridgehead atoms. The molecule has 0 fully saturated rings. The number of hydrogen-bond donors (Lipinski definition) is 0.